The molecule has 9 heteroatoms. The monoisotopic (exact) mass is 479 g/mol. The fourth-order valence-corrected chi connectivity index (χ4v) is 5.04. The van der Waals surface area contributed by atoms with Gasteiger partial charge in [-0.2, -0.15) is 0 Å². The minimum absolute atomic E-state index is 0.108. The third kappa shape index (κ3) is 5.59. The average molecular weight is 480 g/mol. The van der Waals surface area contributed by atoms with Crippen LogP contribution in [-0.2, 0) is 4.79 Å². The number of carbonyl (C=O) groups excluding carboxylic acids is 2. The molecule has 1 aromatic heterocycles. The van der Waals surface area contributed by atoms with E-state index in [-0.39, 0.29) is 23.6 Å². The van der Waals surface area contributed by atoms with Crippen molar-refractivity contribution in [1.29, 1.82) is 0 Å². The zero-order chi connectivity index (χ0) is 23.9. The van der Waals surface area contributed by atoms with Gasteiger partial charge in [0.05, 0.1) is 12.9 Å². The molecule has 8 nitrogen and oxygen atoms in total. The van der Waals surface area contributed by atoms with Crippen LogP contribution >= 0.6 is 11.8 Å². The summed E-state index contributed by atoms with van der Waals surface area (Å²) in [5.41, 5.74) is 6.37. The molecule has 0 radical (unpaired) electrons. The third-order valence-corrected chi connectivity index (χ3v) is 7.04. The lowest BCUT2D eigenvalue weighted by molar-refractivity contribution is -0.119. The van der Waals surface area contributed by atoms with E-state index in [0.29, 0.717) is 16.6 Å². The topological polar surface area (TPSA) is 98.1 Å². The molecule has 1 aliphatic rings. The first kappa shape index (κ1) is 23.8. The summed E-state index contributed by atoms with van der Waals surface area (Å²) >= 11 is 1.32. The molecule has 1 fully saturated rings. The van der Waals surface area contributed by atoms with Gasteiger partial charge in [-0.1, -0.05) is 49.7 Å². The zero-order valence-corrected chi connectivity index (χ0v) is 20.2. The maximum atomic E-state index is 12.4. The Bertz CT molecular complexity index is 1120. The molecule has 2 atom stereocenters. The first-order valence-electron chi connectivity index (χ1n) is 11.4. The Hall–Kier alpha value is -3.33. The van der Waals surface area contributed by atoms with Crippen molar-refractivity contribution in [3.63, 3.8) is 0 Å². The van der Waals surface area contributed by atoms with Crippen molar-refractivity contribution in [2.24, 2.45) is 5.92 Å². The Morgan fingerprint density at radius 1 is 1.03 bits per heavy atom. The first-order chi connectivity index (χ1) is 16.6. The number of nitrogens with zero attached hydrogens (tertiary/aromatic N) is 3. The number of benzene rings is 2. The van der Waals surface area contributed by atoms with Crippen LogP contribution in [0, 0.1) is 5.92 Å². The highest BCUT2D eigenvalue weighted by Gasteiger charge is 2.29. The van der Waals surface area contributed by atoms with Gasteiger partial charge in [-0.15, -0.1) is 10.2 Å². The maximum absolute atomic E-state index is 12.4. The Kier molecular flexibility index (Phi) is 7.84. The predicted octanol–water partition coefficient (Wildman–Crippen LogP) is 4.26. The van der Waals surface area contributed by atoms with Crippen LogP contribution in [0.3, 0.4) is 0 Å². The Balaban J connectivity index is 1.47. The van der Waals surface area contributed by atoms with Crippen molar-refractivity contribution in [3.8, 4) is 17.1 Å². The van der Waals surface area contributed by atoms with Gasteiger partial charge in [0.15, 0.2) is 11.0 Å². The SMILES string of the molecule is COc1ccc(-c2nnc(SCC(=O)NNC(=O)c3ccccc3)n2[C@@H]2CCCC[C@H]2C)cc1. The van der Waals surface area contributed by atoms with E-state index in [1.807, 2.05) is 30.3 Å². The molecule has 2 aromatic carbocycles. The molecule has 1 saturated carbocycles. The van der Waals surface area contributed by atoms with Crippen LogP contribution in [0.25, 0.3) is 11.4 Å². The van der Waals surface area contributed by atoms with Gasteiger partial charge in [-0.05, 0) is 55.2 Å². The molecule has 2 amide bonds. The summed E-state index contributed by atoms with van der Waals surface area (Å²) in [6.45, 7) is 2.27. The highest BCUT2D eigenvalue weighted by Crippen LogP contribution is 2.39. The van der Waals surface area contributed by atoms with Gasteiger partial charge in [0.1, 0.15) is 5.75 Å². The van der Waals surface area contributed by atoms with E-state index in [9.17, 15) is 9.59 Å². The second-order valence-electron chi connectivity index (χ2n) is 8.39. The van der Waals surface area contributed by atoms with E-state index in [1.165, 1.54) is 18.2 Å². The molecular formula is C25H29N5O3S. The van der Waals surface area contributed by atoms with Crippen molar-refractivity contribution in [1.82, 2.24) is 25.6 Å². The first-order valence-corrected chi connectivity index (χ1v) is 12.4. The molecule has 0 unspecified atom stereocenters. The number of nitrogens with one attached hydrogen (secondary N) is 2. The second kappa shape index (κ2) is 11.2. The van der Waals surface area contributed by atoms with Crippen LogP contribution < -0.4 is 15.6 Å². The number of carbonyl (C=O) groups is 2. The van der Waals surface area contributed by atoms with Crippen molar-refractivity contribution in [3.05, 3.63) is 60.2 Å². The average Bonchev–Trinajstić information content (AvgIpc) is 3.30. The van der Waals surface area contributed by atoms with E-state index in [4.69, 9.17) is 4.74 Å². The standard InChI is InChI=1S/C25H29N5O3S/c1-17-8-6-7-11-21(17)30-23(18-12-14-20(33-2)15-13-18)27-29-25(30)34-16-22(31)26-28-24(32)19-9-4-3-5-10-19/h3-5,9-10,12-15,17,21H,6-8,11,16H2,1-2H3,(H,26,31)(H,28,32)/t17-,21-/m1/s1. The molecular weight excluding hydrogens is 450 g/mol. The van der Waals surface area contributed by atoms with Crippen LogP contribution in [0.1, 0.15) is 49.0 Å². The number of hydrogen-bond donors (Lipinski definition) is 2. The lowest BCUT2D eigenvalue weighted by Crippen LogP contribution is -2.42. The summed E-state index contributed by atoms with van der Waals surface area (Å²) in [5.74, 6) is 1.50. The molecule has 34 heavy (non-hydrogen) atoms. The number of hydrogen-bond acceptors (Lipinski definition) is 6. The van der Waals surface area contributed by atoms with Gasteiger partial charge in [-0.3, -0.25) is 25.0 Å². The predicted molar refractivity (Wildman–Crippen MR) is 131 cm³/mol. The summed E-state index contributed by atoms with van der Waals surface area (Å²) in [7, 11) is 1.64. The van der Waals surface area contributed by atoms with Crippen molar-refractivity contribution in [2.75, 3.05) is 12.9 Å². The van der Waals surface area contributed by atoms with Crippen LogP contribution in [-0.4, -0.2) is 39.4 Å². The van der Waals surface area contributed by atoms with Gasteiger partial charge >= 0.3 is 0 Å². The summed E-state index contributed by atoms with van der Waals surface area (Å²) in [5, 5.41) is 9.63. The molecule has 2 N–H and O–H groups in total. The lowest BCUT2D eigenvalue weighted by atomic mass is 9.85. The second-order valence-corrected chi connectivity index (χ2v) is 9.33. The Morgan fingerprint density at radius 2 is 1.76 bits per heavy atom. The number of amides is 2. The molecule has 0 spiro atoms. The number of thioether (sulfide) groups is 1. The fraction of sp³-hybridized carbons (Fsp3) is 0.360. The number of aromatic nitrogens is 3. The Morgan fingerprint density at radius 3 is 2.47 bits per heavy atom. The van der Waals surface area contributed by atoms with Gasteiger partial charge in [-0.25, -0.2) is 0 Å². The van der Waals surface area contributed by atoms with Crippen LogP contribution in [0.2, 0.25) is 0 Å². The van der Waals surface area contributed by atoms with Crippen molar-refractivity contribution in [2.45, 2.75) is 43.8 Å². The molecule has 0 aliphatic heterocycles. The maximum Gasteiger partial charge on any atom is 0.269 e. The fourth-order valence-electron chi connectivity index (χ4n) is 4.25. The zero-order valence-electron chi connectivity index (χ0n) is 19.4. The summed E-state index contributed by atoms with van der Waals surface area (Å²) < 4.78 is 7.47. The van der Waals surface area contributed by atoms with Gasteiger partial charge < -0.3 is 4.74 Å². The van der Waals surface area contributed by atoms with E-state index in [1.54, 1.807) is 31.4 Å². The summed E-state index contributed by atoms with van der Waals surface area (Å²) in [4.78, 5) is 24.6. The van der Waals surface area contributed by atoms with Crippen LogP contribution in [0.15, 0.2) is 59.8 Å². The number of ether oxygens (including phenoxy) is 1. The minimum atomic E-state index is -0.361. The summed E-state index contributed by atoms with van der Waals surface area (Å²) in [6.07, 6.45) is 4.59. The van der Waals surface area contributed by atoms with Crippen LogP contribution in [0.5, 0.6) is 5.75 Å². The Labute approximate surface area is 203 Å². The van der Waals surface area contributed by atoms with Crippen molar-refractivity contribution >= 4 is 23.6 Å². The molecule has 3 aromatic rings. The smallest absolute Gasteiger partial charge is 0.269 e. The van der Waals surface area contributed by atoms with Gasteiger partial charge in [0.2, 0.25) is 5.91 Å². The van der Waals surface area contributed by atoms with Crippen molar-refractivity contribution < 1.29 is 14.3 Å². The minimum Gasteiger partial charge on any atom is -0.497 e. The van der Waals surface area contributed by atoms with E-state index in [0.717, 1.165) is 36.4 Å². The molecule has 4 rings (SSSR count). The highest BCUT2D eigenvalue weighted by atomic mass is 32.2. The van der Waals surface area contributed by atoms with Crippen LogP contribution in [0.4, 0.5) is 0 Å². The molecule has 1 heterocycles. The van der Waals surface area contributed by atoms with Gasteiger partial charge in [0, 0.05) is 17.2 Å². The lowest BCUT2D eigenvalue weighted by Gasteiger charge is -2.31. The van der Waals surface area contributed by atoms with Gasteiger partial charge in [0.25, 0.3) is 5.91 Å². The normalized spacial score (nSPS) is 17.7. The number of rotatable bonds is 7. The summed E-state index contributed by atoms with van der Waals surface area (Å²) in [6, 6.07) is 16.8. The number of methoxy groups -OCH3 is 1. The molecule has 0 bridgehead atoms. The molecule has 0 saturated heterocycles. The largest absolute Gasteiger partial charge is 0.497 e. The number of hydrazine groups is 1. The molecule has 178 valence electrons. The van der Waals surface area contributed by atoms with E-state index in [2.05, 4.69) is 32.5 Å². The molecule has 1 aliphatic carbocycles. The van der Waals surface area contributed by atoms with E-state index >= 15 is 0 Å². The van der Waals surface area contributed by atoms with E-state index < -0.39 is 0 Å². The highest BCUT2D eigenvalue weighted by molar-refractivity contribution is 7.99. The quantitative estimate of drug-likeness (QED) is 0.388. The third-order valence-electron chi connectivity index (χ3n) is 6.09.